The number of rotatable bonds is 4. The van der Waals surface area contributed by atoms with E-state index in [9.17, 15) is 0 Å². The Bertz CT molecular complexity index is 233. The Labute approximate surface area is 74.1 Å². The minimum Gasteiger partial charge on any atom is -0.258 e. The molecule has 0 fully saturated rings. The molecule has 0 aromatic carbocycles. The first-order valence-corrected chi connectivity index (χ1v) is 4.67. The van der Waals surface area contributed by atoms with Crippen molar-refractivity contribution < 1.29 is 0 Å². The van der Waals surface area contributed by atoms with Gasteiger partial charge < -0.3 is 0 Å². The molecule has 0 spiro atoms. The largest absolute Gasteiger partial charge is 0.258 e. The summed E-state index contributed by atoms with van der Waals surface area (Å²) in [5, 5.41) is 0. The molecule has 1 aromatic rings. The van der Waals surface area contributed by atoms with Crippen LogP contribution in [0.1, 0.15) is 38.1 Å². The minimum atomic E-state index is 0.993. The highest BCUT2D eigenvalue weighted by Gasteiger charge is 2.00. The van der Waals surface area contributed by atoms with Gasteiger partial charge in [0, 0.05) is 12.4 Å². The van der Waals surface area contributed by atoms with Crippen molar-refractivity contribution in [2.24, 2.45) is 0 Å². The van der Waals surface area contributed by atoms with Crippen molar-refractivity contribution in [2.75, 3.05) is 0 Å². The van der Waals surface area contributed by atoms with Crippen LogP contribution < -0.4 is 0 Å². The molecule has 0 aliphatic rings. The summed E-state index contributed by atoms with van der Waals surface area (Å²) in [4.78, 5) is 8.61. The number of aromatic nitrogens is 2. The lowest BCUT2D eigenvalue weighted by atomic mass is 10.1. The molecule has 1 rings (SSSR count). The van der Waals surface area contributed by atoms with E-state index in [2.05, 4.69) is 23.8 Å². The van der Waals surface area contributed by atoms with Crippen LogP contribution in [-0.2, 0) is 12.8 Å². The van der Waals surface area contributed by atoms with Crippen molar-refractivity contribution in [3.63, 3.8) is 0 Å². The van der Waals surface area contributed by atoms with Gasteiger partial charge >= 0.3 is 0 Å². The van der Waals surface area contributed by atoms with Crippen LogP contribution in [0.2, 0.25) is 0 Å². The molecule has 0 radical (unpaired) electrons. The normalized spacial score (nSPS) is 10.2. The second kappa shape index (κ2) is 4.86. The van der Waals surface area contributed by atoms with E-state index in [-0.39, 0.29) is 0 Å². The van der Waals surface area contributed by atoms with Crippen LogP contribution in [0, 0.1) is 0 Å². The van der Waals surface area contributed by atoms with Gasteiger partial charge in [0.25, 0.3) is 0 Å². The van der Waals surface area contributed by atoms with Crippen LogP contribution in [0.25, 0.3) is 0 Å². The second-order valence-corrected chi connectivity index (χ2v) is 2.91. The summed E-state index contributed by atoms with van der Waals surface area (Å²) in [5.41, 5.74) is 2.34. The minimum absolute atomic E-state index is 0.993. The van der Waals surface area contributed by atoms with E-state index in [4.69, 9.17) is 0 Å². The SMILES string of the molecule is CCCCc1nccnc1CC. The summed E-state index contributed by atoms with van der Waals surface area (Å²) in [7, 11) is 0. The fourth-order valence-electron chi connectivity index (χ4n) is 1.24. The van der Waals surface area contributed by atoms with Crippen molar-refractivity contribution in [3.8, 4) is 0 Å². The maximum atomic E-state index is 4.32. The van der Waals surface area contributed by atoms with Crippen LogP contribution in [0.4, 0.5) is 0 Å². The molecule has 66 valence electrons. The average molecular weight is 164 g/mol. The van der Waals surface area contributed by atoms with Crippen LogP contribution >= 0.6 is 0 Å². The average Bonchev–Trinajstić information content (AvgIpc) is 2.15. The van der Waals surface area contributed by atoms with E-state index in [1.165, 1.54) is 18.5 Å². The van der Waals surface area contributed by atoms with Crippen LogP contribution in [-0.4, -0.2) is 9.97 Å². The highest BCUT2D eigenvalue weighted by Crippen LogP contribution is 2.06. The van der Waals surface area contributed by atoms with Crippen LogP contribution in [0.5, 0.6) is 0 Å². The summed E-state index contributed by atoms with van der Waals surface area (Å²) in [5.74, 6) is 0. The Balaban J connectivity index is 2.68. The molecule has 0 saturated heterocycles. The molecule has 2 heteroatoms. The predicted octanol–water partition coefficient (Wildman–Crippen LogP) is 2.38. The number of aryl methyl sites for hydroxylation is 2. The van der Waals surface area contributed by atoms with Gasteiger partial charge in [-0.1, -0.05) is 20.3 Å². The van der Waals surface area contributed by atoms with Crippen LogP contribution in [0.15, 0.2) is 12.4 Å². The number of nitrogens with zero attached hydrogens (tertiary/aromatic N) is 2. The molecule has 12 heavy (non-hydrogen) atoms. The summed E-state index contributed by atoms with van der Waals surface area (Å²) in [6, 6.07) is 0. The zero-order valence-corrected chi connectivity index (χ0v) is 7.88. The van der Waals surface area contributed by atoms with E-state index in [0.717, 1.165) is 18.5 Å². The van der Waals surface area contributed by atoms with Gasteiger partial charge in [0.2, 0.25) is 0 Å². The Hall–Kier alpha value is -0.920. The summed E-state index contributed by atoms with van der Waals surface area (Å²) >= 11 is 0. The molecule has 0 bridgehead atoms. The van der Waals surface area contributed by atoms with E-state index < -0.39 is 0 Å². The smallest absolute Gasteiger partial charge is 0.0618 e. The van der Waals surface area contributed by atoms with Gasteiger partial charge in [-0.2, -0.15) is 0 Å². The van der Waals surface area contributed by atoms with Crippen molar-refractivity contribution in [1.82, 2.24) is 9.97 Å². The zero-order valence-electron chi connectivity index (χ0n) is 7.88. The van der Waals surface area contributed by atoms with Gasteiger partial charge in [0.05, 0.1) is 11.4 Å². The fraction of sp³-hybridized carbons (Fsp3) is 0.600. The molecular formula is C10H16N2. The Morgan fingerprint density at radius 3 is 2.33 bits per heavy atom. The van der Waals surface area contributed by atoms with Gasteiger partial charge in [-0.25, -0.2) is 0 Å². The van der Waals surface area contributed by atoms with E-state index >= 15 is 0 Å². The highest BCUT2D eigenvalue weighted by atomic mass is 14.8. The van der Waals surface area contributed by atoms with Gasteiger partial charge in [-0.15, -0.1) is 0 Å². The third-order valence-corrected chi connectivity index (χ3v) is 1.96. The summed E-state index contributed by atoms with van der Waals surface area (Å²) < 4.78 is 0. The molecule has 1 aromatic heterocycles. The van der Waals surface area contributed by atoms with Crippen molar-refractivity contribution in [3.05, 3.63) is 23.8 Å². The first kappa shape index (κ1) is 9.17. The van der Waals surface area contributed by atoms with Gasteiger partial charge in [-0.05, 0) is 19.3 Å². The van der Waals surface area contributed by atoms with Crippen molar-refractivity contribution in [2.45, 2.75) is 39.5 Å². The van der Waals surface area contributed by atoms with Crippen molar-refractivity contribution >= 4 is 0 Å². The third kappa shape index (κ3) is 2.29. The standard InChI is InChI=1S/C10H16N2/c1-3-5-6-10-9(4-2)11-7-8-12-10/h7-8H,3-6H2,1-2H3. The maximum Gasteiger partial charge on any atom is 0.0618 e. The molecule has 0 aliphatic carbocycles. The Morgan fingerprint density at radius 1 is 1.08 bits per heavy atom. The zero-order chi connectivity index (χ0) is 8.81. The van der Waals surface area contributed by atoms with Gasteiger partial charge in [-0.3, -0.25) is 9.97 Å². The van der Waals surface area contributed by atoms with Gasteiger partial charge in [0.15, 0.2) is 0 Å². The fourth-order valence-corrected chi connectivity index (χ4v) is 1.24. The molecular weight excluding hydrogens is 148 g/mol. The molecule has 1 heterocycles. The number of unbranched alkanes of at least 4 members (excludes halogenated alkanes) is 1. The molecule has 0 aliphatic heterocycles. The lowest BCUT2D eigenvalue weighted by Crippen LogP contribution is -1.99. The highest BCUT2D eigenvalue weighted by molar-refractivity contribution is 5.10. The lowest BCUT2D eigenvalue weighted by Gasteiger charge is -2.03. The molecule has 0 atom stereocenters. The third-order valence-electron chi connectivity index (χ3n) is 1.96. The van der Waals surface area contributed by atoms with E-state index in [0.29, 0.717) is 0 Å². The van der Waals surface area contributed by atoms with Crippen LogP contribution in [0.3, 0.4) is 0 Å². The van der Waals surface area contributed by atoms with E-state index in [1.54, 1.807) is 12.4 Å². The Morgan fingerprint density at radius 2 is 1.75 bits per heavy atom. The quantitative estimate of drug-likeness (QED) is 0.682. The number of hydrogen-bond acceptors (Lipinski definition) is 2. The summed E-state index contributed by atoms with van der Waals surface area (Å²) in [6.45, 7) is 4.32. The summed E-state index contributed by atoms with van der Waals surface area (Å²) in [6.07, 6.45) is 8.06. The molecule has 0 amide bonds. The number of hydrogen-bond donors (Lipinski definition) is 0. The van der Waals surface area contributed by atoms with Gasteiger partial charge in [0.1, 0.15) is 0 Å². The topological polar surface area (TPSA) is 25.8 Å². The molecule has 0 N–H and O–H groups in total. The predicted molar refractivity (Wildman–Crippen MR) is 50.0 cm³/mol. The second-order valence-electron chi connectivity index (χ2n) is 2.91. The first-order chi connectivity index (χ1) is 5.88. The Kier molecular flexibility index (Phi) is 3.71. The van der Waals surface area contributed by atoms with E-state index in [1.807, 2.05) is 0 Å². The maximum absolute atomic E-state index is 4.32. The van der Waals surface area contributed by atoms with Crippen molar-refractivity contribution in [1.29, 1.82) is 0 Å². The molecule has 2 nitrogen and oxygen atoms in total. The first-order valence-electron chi connectivity index (χ1n) is 4.67. The molecule has 0 unspecified atom stereocenters. The monoisotopic (exact) mass is 164 g/mol. The lowest BCUT2D eigenvalue weighted by molar-refractivity contribution is 0.756. The molecule has 0 saturated carbocycles.